The van der Waals surface area contributed by atoms with Gasteiger partial charge in [-0.05, 0) is 95.2 Å². The van der Waals surface area contributed by atoms with Crippen molar-refractivity contribution >= 4 is 33.4 Å². The van der Waals surface area contributed by atoms with Crippen molar-refractivity contribution in [3.63, 3.8) is 0 Å². The Kier molecular flexibility index (Phi) is 9.11. The molecule has 2 aliphatic rings. The van der Waals surface area contributed by atoms with Crippen molar-refractivity contribution in [2.24, 2.45) is 16.0 Å². The number of ether oxygens (including phenoxy) is 2. The standard InChI is InChI=1S/C32H41N3O6S/c1-8-40-31(37)30-25(17-41-32(5,6)7)34-24-15-22(27-19(3)12-18(2)13-20(27)4)16-26(36)29(24)28(30)21-10-9-11-23(14-21)35-42(33,38)39/h9-14,22,28,30,35H,8,15-17H2,1-7H3,(H2,33,38,39). The van der Waals surface area contributed by atoms with E-state index in [-0.39, 0.29) is 37.0 Å². The van der Waals surface area contributed by atoms with Crippen molar-refractivity contribution in [1.29, 1.82) is 0 Å². The van der Waals surface area contributed by atoms with E-state index >= 15 is 0 Å². The van der Waals surface area contributed by atoms with Gasteiger partial charge >= 0.3 is 5.97 Å². The largest absolute Gasteiger partial charge is 0.465 e. The molecule has 0 saturated carbocycles. The van der Waals surface area contributed by atoms with Crippen molar-refractivity contribution in [3.8, 4) is 0 Å². The summed E-state index contributed by atoms with van der Waals surface area (Å²) in [4.78, 5) is 32.7. The number of ketones is 1. The predicted molar refractivity (Wildman–Crippen MR) is 164 cm³/mol. The van der Waals surface area contributed by atoms with Gasteiger partial charge in [0.25, 0.3) is 10.2 Å². The third kappa shape index (κ3) is 7.17. The first-order chi connectivity index (χ1) is 19.6. The number of benzene rings is 2. The van der Waals surface area contributed by atoms with Crippen LogP contribution in [0.4, 0.5) is 5.69 Å². The van der Waals surface area contributed by atoms with Crippen LogP contribution in [0.3, 0.4) is 0 Å². The molecule has 0 radical (unpaired) electrons. The van der Waals surface area contributed by atoms with E-state index in [1.165, 1.54) is 5.56 Å². The van der Waals surface area contributed by atoms with Gasteiger partial charge in [-0.1, -0.05) is 29.8 Å². The molecule has 0 fully saturated rings. The molecule has 0 aromatic heterocycles. The average Bonchev–Trinajstić information content (AvgIpc) is 2.84. The summed E-state index contributed by atoms with van der Waals surface area (Å²) < 4.78 is 37.5. The molecule has 3 N–H and O–H groups in total. The number of anilines is 1. The molecular weight excluding hydrogens is 554 g/mol. The van der Waals surface area contributed by atoms with Crippen LogP contribution < -0.4 is 9.86 Å². The Morgan fingerprint density at radius 2 is 1.76 bits per heavy atom. The lowest BCUT2D eigenvalue weighted by Crippen LogP contribution is -2.41. The normalized spacial score (nSPS) is 21.1. The highest BCUT2D eigenvalue weighted by Gasteiger charge is 2.46. The second-order valence-electron chi connectivity index (χ2n) is 12.2. The van der Waals surface area contributed by atoms with Gasteiger partial charge in [0.1, 0.15) is 5.92 Å². The van der Waals surface area contributed by atoms with Gasteiger partial charge in [-0.2, -0.15) is 8.42 Å². The van der Waals surface area contributed by atoms with Crippen molar-refractivity contribution < 1.29 is 27.5 Å². The smallest absolute Gasteiger partial charge is 0.315 e. The van der Waals surface area contributed by atoms with E-state index in [1.807, 2.05) is 20.8 Å². The first kappa shape index (κ1) is 31.6. The zero-order chi connectivity index (χ0) is 31.0. The second kappa shape index (κ2) is 12.1. The van der Waals surface area contributed by atoms with Crippen LogP contribution in [-0.4, -0.2) is 44.7 Å². The number of carbonyl (C=O) groups is 2. The van der Waals surface area contributed by atoms with Crippen molar-refractivity contribution in [3.05, 3.63) is 75.5 Å². The zero-order valence-corrected chi connectivity index (χ0v) is 26.2. The maximum absolute atomic E-state index is 14.1. The molecular formula is C32H41N3O6S. The monoisotopic (exact) mass is 595 g/mol. The third-order valence-electron chi connectivity index (χ3n) is 7.61. The number of aliphatic imine (C=N–C) groups is 1. The van der Waals surface area contributed by atoms with E-state index in [0.717, 1.165) is 16.7 Å². The van der Waals surface area contributed by atoms with Gasteiger partial charge in [0.05, 0.1) is 30.2 Å². The van der Waals surface area contributed by atoms with E-state index in [0.29, 0.717) is 29.0 Å². The maximum Gasteiger partial charge on any atom is 0.315 e. The first-order valence-corrected chi connectivity index (χ1v) is 15.7. The Morgan fingerprint density at radius 3 is 2.36 bits per heavy atom. The van der Waals surface area contributed by atoms with Crippen molar-refractivity contribution in [2.45, 2.75) is 78.7 Å². The molecule has 42 heavy (non-hydrogen) atoms. The number of carbonyl (C=O) groups excluding carboxylic acids is 2. The molecule has 2 aromatic rings. The van der Waals surface area contributed by atoms with Crippen LogP contribution in [0.1, 0.15) is 80.2 Å². The molecule has 1 aliphatic heterocycles. The van der Waals surface area contributed by atoms with Crippen LogP contribution >= 0.6 is 0 Å². The molecule has 1 aliphatic carbocycles. The summed E-state index contributed by atoms with van der Waals surface area (Å²) in [6.45, 7) is 13.9. The Labute approximate surface area is 248 Å². The Morgan fingerprint density at radius 1 is 1.10 bits per heavy atom. The van der Waals surface area contributed by atoms with Crippen LogP contribution in [0.25, 0.3) is 0 Å². The fourth-order valence-electron chi connectivity index (χ4n) is 6.25. The molecule has 10 heteroatoms. The SMILES string of the molecule is CCOC(=O)C1C(COC(C)(C)C)=NC2=C(C(=O)CC(c3c(C)cc(C)cc3C)C2)C1c1cccc(NS(N)(=O)=O)c1. The summed E-state index contributed by atoms with van der Waals surface area (Å²) in [5.41, 5.74) is 6.42. The Balaban J connectivity index is 1.90. The van der Waals surface area contributed by atoms with E-state index in [9.17, 15) is 18.0 Å². The summed E-state index contributed by atoms with van der Waals surface area (Å²) >= 11 is 0. The highest BCUT2D eigenvalue weighted by Crippen LogP contribution is 2.48. The molecule has 1 heterocycles. The quantitative estimate of drug-likeness (QED) is 0.405. The van der Waals surface area contributed by atoms with Gasteiger partial charge in [0.15, 0.2) is 5.78 Å². The van der Waals surface area contributed by atoms with E-state index in [2.05, 4.69) is 37.6 Å². The molecule has 3 atom stereocenters. The van der Waals surface area contributed by atoms with Gasteiger partial charge < -0.3 is 9.47 Å². The summed E-state index contributed by atoms with van der Waals surface area (Å²) in [6.07, 6.45) is 0.792. The summed E-state index contributed by atoms with van der Waals surface area (Å²) in [7, 11) is -4.05. The van der Waals surface area contributed by atoms with E-state index in [1.54, 1.807) is 31.2 Å². The van der Waals surface area contributed by atoms with Crippen LogP contribution in [0.5, 0.6) is 0 Å². The highest BCUT2D eigenvalue weighted by atomic mass is 32.2. The molecule has 0 amide bonds. The van der Waals surface area contributed by atoms with Crippen molar-refractivity contribution in [1.82, 2.24) is 0 Å². The van der Waals surface area contributed by atoms with Crippen LogP contribution in [0, 0.1) is 26.7 Å². The lowest BCUT2D eigenvalue weighted by molar-refractivity contribution is -0.146. The summed E-state index contributed by atoms with van der Waals surface area (Å²) in [6, 6.07) is 10.9. The van der Waals surface area contributed by atoms with Gasteiger partial charge in [0.2, 0.25) is 0 Å². The fraction of sp³-hybridized carbons (Fsp3) is 0.469. The number of hydrogen-bond acceptors (Lipinski definition) is 7. The molecule has 0 bridgehead atoms. The molecule has 4 rings (SSSR count). The first-order valence-electron chi connectivity index (χ1n) is 14.2. The number of rotatable bonds is 8. The van der Waals surface area contributed by atoms with Gasteiger partial charge in [-0.3, -0.25) is 19.3 Å². The number of nitrogens with one attached hydrogen (secondary N) is 1. The Hall–Kier alpha value is -3.34. The minimum Gasteiger partial charge on any atom is -0.465 e. The topological polar surface area (TPSA) is 137 Å². The minimum atomic E-state index is -4.05. The van der Waals surface area contributed by atoms with E-state index < -0.39 is 33.6 Å². The molecule has 0 saturated heterocycles. The molecule has 9 nitrogen and oxygen atoms in total. The van der Waals surface area contributed by atoms with E-state index in [4.69, 9.17) is 19.6 Å². The number of hydrogen-bond donors (Lipinski definition) is 2. The van der Waals surface area contributed by atoms with Crippen LogP contribution in [0.15, 0.2) is 52.7 Å². The number of aryl methyl sites for hydroxylation is 3. The van der Waals surface area contributed by atoms with Gasteiger partial charge in [-0.25, -0.2) is 5.14 Å². The van der Waals surface area contributed by atoms with Gasteiger partial charge in [0, 0.05) is 23.6 Å². The maximum atomic E-state index is 14.1. The van der Waals surface area contributed by atoms with Crippen molar-refractivity contribution in [2.75, 3.05) is 17.9 Å². The predicted octanol–water partition coefficient (Wildman–Crippen LogP) is 5.16. The molecule has 226 valence electrons. The molecule has 0 spiro atoms. The van der Waals surface area contributed by atoms with Crippen LogP contribution in [-0.2, 0) is 29.3 Å². The summed E-state index contributed by atoms with van der Waals surface area (Å²) in [5.74, 6) is -2.36. The lowest BCUT2D eigenvalue weighted by atomic mass is 9.68. The molecule has 2 aromatic carbocycles. The third-order valence-corrected chi connectivity index (χ3v) is 8.13. The lowest BCUT2D eigenvalue weighted by Gasteiger charge is -2.38. The average molecular weight is 596 g/mol. The minimum absolute atomic E-state index is 0.0663. The number of nitrogens with two attached hydrogens (primary N) is 1. The number of allylic oxidation sites excluding steroid dienone is 2. The van der Waals surface area contributed by atoms with Crippen LogP contribution in [0.2, 0.25) is 0 Å². The number of Topliss-reactive ketones (excluding diaryl/α,β-unsaturated/α-hetero) is 1. The highest BCUT2D eigenvalue weighted by molar-refractivity contribution is 7.90. The van der Waals surface area contributed by atoms with Gasteiger partial charge in [-0.15, -0.1) is 0 Å². The zero-order valence-electron chi connectivity index (χ0n) is 25.4. The number of esters is 1. The Bertz CT molecular complexity index is 1550. The molecule has 3 unspecified atom stereocenters. The summed E-state index contributed by atoms with van der Waals surface area (Å²) in [5, 5.41) is 5.23. The second-order valence-corrected chi connectivity index (χ2v) is 13.5. The fourth-order valence-corrected chi connectivity index (χ4v) is 6.70. The number of nitrogens with zero attached hydrogens (tertiary/aromatic N) is 1.